The molecule has 0 saturated heterocycles. The predicted octanol–water partition coefficient (Wildman–Crippen LogP) is 0.991. The number of benzene rings is 1. The second-order valence-electron chi connectivity index (χ2n) is 4.49. The van der Waals surface area contributed by atoms with Gasteiger partial charge in [0.1, 0.15) is 0 Å². The summed E-state index contributed by atoms with van der Waals surface area (Å²) in [4.78, 5) is 11.5. The Bertz CT molecular complexity index is 810. The fraction of sp³-hybridized carbons (Fsp3) is 0.231. The van der Waals surface area contributed by atoms with Crippen LogP contribution in [0.25, 0.3) is 22.4 Å². The molecular formula is C13H14N4O2. The third kappa shape index (κ3) is 1.77. The van der Waals surface area contributed by atoms with Crippen molar-refractivity contribution < 1.29 is 4.42 Å². The van der Waals surface area contributed by atoms with E-state index in [9.17, 15) is 4.79 Å². The van der Waals surface area contributed by atoms with Gasteiger partial charge in [-0.05, 0) is 18.2 Å². The maximum atomic E-state index is 11.5. The Hall–Kier alpha value is -2.34. The highest BCUT2D eigenvalue weighted by Gasteiger charge is 2.12. The number of rotatable bonds is 2. The normalized spacial score (nSPS) is 11.3. The van der Waals surface area contributed by atoms with Crippen molar-refractivity contribution in [1.82, 2.24) is 14.3 Å². The summed E-state index contributed by atoms with van der Waals surface area (Å²) in [5, 5.41) is 4.41. The number of nitrogens with zero attached hydrogens (tertiary/aromatic N) is 3. The lowest BCUT2D eigenvalue weighted by atomic mass is 10.1. The van der Waals surface area contributed by atoms with Crippen molar-refractivity contribution in [2.75, 3.05) is 0 Å². The molecule has 1 aromatic carbocycles. The van der Waals surface area contributed by atoms with Crippen LogP contribution >= 0.6 is 0 Å². The topological polar surface area (TPSA) is 79.0 Å². The summed E-state index contributed by atoms with van der Waals surface area (Å²) in [6.07, 6.45) is 1.90. The molecule has 0 amide bonds. The molecule has 0 atom stereocenters. The van der Waals surface area contributed by atoms with E-state index in [4.69, 9.17) is 10.2 Å². The molecule has 2 aromatic heterocycles. The minimum Gasteiger partial charge on any atom is -0.408 e. The largest absolute Gasteiger partial charge is 0.419 e. The molecule has 0 unspecified atom stereocenters. The number of fused-ring (bicyclic) bond motifs is 1. The molecule has 0 radical (unpaired) electrons. The first-order chi connectivity index (χ1) is 9.10. The van der Waals surface area contributed by atoms with Crippen molar-refractivity contribution in [3.05, 3.63) is 40.5 Å². The first-order valence-electron chi connectivity index (χ1n) is 5.92. The quantitative estimate of drug-likeness (QED) is 0.743. The van der Waals surface area contributed by atoms with Crippen LogP contribution < -0.4 is 11.5 Å². The van der Waals surface area contributed by atoms with Gasteiger partial charge in [0.05, 0.1) is 11.2 Å². The lowest BCUT2D eigenvalue weighted by molar-refractivity contribution is 0.528. The second-order valence-corrected chi connectivity index (χ2v) is 4.49. The van der Waals surface area contributed by atoms with Crippen LogP contribution in [0.5, 0.6) is 0 Å². The van der Waals surface area contributed by atoms with Crippen LogP contribution in [-0.2, 0) is 20.6 Å². The zero-order valence-corrected chi connectivity index (χ0v) is 10.8. The zero-order chi connectivity index (χ0) is 13.6. The number of hydrogen-bond acceptors (Lipinski definition) is 4. The van der Waals surface area contributed by atoms with Gasteiger partial charge in [-0.3, -0.25) is 9.25 Å². The van der Waals surface area contributed by atoms with Crippen LogP contribution in [0.3, 0.4) is 0 Å². The highest BCUT2D eigenvalue weighted by atomic mass is 16.4. The maximum absolute atomic E-state index is 11.5. The summed E-state index contributed by atoms with van der Waals surface area (Å²) < 4.78 is 8.32. The lowest BCUT2D eigenvalue weighted by Crippen LogP contribution is -2.08. The van der Waals surface area contributed by atoms with Gasteiger partial charge in [0.25, 0.3) is 0 Å². The van der Waals surface area contributed by atoms with Crippen molar-refractivity contribution in [3.8, 4) is 11.3 Å². The lowest BCUT2D eigenvalue weighted by Gasteiger charge is -2.00. The van der Waals surface area contributed by atoms with E-state index < -0.39 is 0 Å². The molecule has 19 heavy (non-hydrogen) atoms. The van der Waals surface area contributed by atoms with Gasteiger partial charge in [0.2, 0.25) is 0 Å². The molecule has 3 aromatic rings. The fourth-order valence-corrected chi connectivity index (χ4v) is 2.20. The Morgan fingerprint density at radius 2 is 2.16 bits per heavy atom. The molecule has 6 nitrogen and oxygen atoms in total. The molecule has 0 aliphatic rings. The Balaban J connectivity index is 2.25. The molecule has 6 heteroatoms. The summed E-state index contributed by atoms with van der Waals surface area (Å²) in [6, 6.07) is 5.55. The Morgan fingerprint density at radius 3 is 2.89 bits per heavy atom. The van der Waals surface area contributed by atoms with E-state index in [-0.39, 0.29) is 5.76 Å². The summed E-state index contributed by atoms with van der Waals surface area (Å²) in [5.74, 6) is -0.368. The SMILES string of the molecule is Cn1cc(CN)c(-c2ccc3oc(=O)n(C)c3c2)n1. The molecule has 0 aliphatic heterocycles. The molecule has 0 fully saturated rings. The van der Waals surface area contributed by atoms with Crippen LogP contribution in [0.4, 0.5) is 0 Å². The molecule has 0 spiro atoms. The van der Waals surface area contributed by atoms with Crippen molar-refractivity contribution in [3.63, 3.8) is 0 Å². The number of nitrogens with two attached hydrogens (primary N) is 1. The molecule has 0 saturated carbocycles. The maximum Gasteiger partial charge on any atom is 0.419 e. The summed E-state index contributed by atoms with van der Waals surface area (Å²) in [5.41, 5.74) is 9.76. The van der Waals surface area contributed by atoms with Crippen LogP contribution in [0.15, 0.2) is 33.6 Å². The number of oxazole rings is 1. The molecule has 0 aliphatic carbocycles. The van der Waals surface area contributed by atoms with E-state index in [1.165, 1.54) is 4.57 Å². The molecule has 98 valence electrons. The number of hydrogen-bond donors (Lipinski definition) is 1. The van der Waals surface area contributed by atoms with Gasteiger partial charge in [0.15, 0.2) is 5.58 Å². The highest BCUT2D eigenvalue weighted by Crippen LogP contribution is 2.25. The van der Waals surface area contributed by atoms with E-state index in [1.54, 1.807) is 17.8 Å². The second kappa shape index (κ2) is 4.10. The molecule has 2 N–H and O–H groups in total. The Morgan fingerprint density at radius 1 is 1.37 bits per heavy atom. The zero-order valence-electron chi connectivity index (χ0n) is 10.8. The van der Waals surface area contributed by atoms with Gasteiger partial charge in [-0.2, -0.15) is 5.10 Å². The van der Waals surface area contributed by atoms with E-state index in [2.05, 4.69) is 5.10 Å². The number of aryl methyl sites for hydroxylation is 2. The van der Waals surface area contributed by atoms with Crippen molar-refractivity contribution in [2.24, 2.45) is 19.8 Å². The molecule has 0 bridgehead atoms. The van der Waals surface area contributed by atoms with Crippen LogP contribution in [0.1, 0.15) is 5.56 Å². The standard InChI is InChI=1S/C13H14N4O2/c1-16-7-9(6-14)12(15-16)8-3-4-11-10(5-8)17(2)13(18)19-11/h3-5,7H,6,14H2,1-2H3. The van der Waals surface area contributed by atoms with E-state index >= 15 is 0 Å². The molecule has 2 heterocycles. The third-order valence-corrected chi connectivity index (χ3v) is 3.19. The third-order valence-electron chi connectivity index (χ3n) is 3.19. The predicted molar refractivity (Wildman–Crippen MR) is 71.5 cm³/mol. The van der Waals surface area contributed by atoms with Gasteiger partial charge in [-0.1, -0.05) is 0 Å². The fourth-order valence-electron chi connectivity index (χ4n) is 2.20. The average Bonchev–Trinajstić information content (AvgIpc) is 2.91. The highest BCUT2D eigenvalue weighted by molar-refractivity contribution is 5.80. The number of aromatic nitrogens is 3. The minimum atomic E-state index is -0.368. The smallest absolute Gasteiger partial charge is 0.408 e. The molecular weight excluding hydrogens is 244 g/mol. The van der Waals surface area contributed by atoms with Gasteiger partial charge in [-0.15, -0.1) is 0 Å². The van der Waals surface area contributed by atoms with Crippen LogP contribution in [0.2, 0.25) is 0 Å². The monoisotopic (exact) mass is 258 g/mol. The van der Waals surface area contributed by atoms with Gasteiger partial charge >= 0.3 is 5.76 Å². The molecule has 3 rings (SSSR count). The van der Waals surface area contributed by atoms with E-state index in [1.807, 2.05) is 25.4 Å². The van der Waals surface area contributed by atoms with Crippen molar-refractivity contribution >= 4 is 11.1 Å². The summed E-state index contributed by atoms with van der Waals surface area (Å²) >= 11 is 0. The Kier molecular flexibility index (Phi) is 2.53. The van der Waals surface area contributed by atoms with Gasteiger partial charge < -0.3 is 10.2 Å². The van der Waals surface area contributed by atoms with Crippen LogP contribution in [-0.4, -0.2) is 14.3 Å². The average molecular weight is 258 g/mol. The minimum absolute atomic E-state index is 0.368. The van der Waals surface area contributed by atoms with Crippen molar-refractivity contribution in [2.45, 2.75) is 6.54 Å². The Labute approximate surface area is 109 Å². The van der Waals surface area contributed by atoms with Gasteiger partial charge in [0, 0.05) is 38.0 Å². The van der Waals surface area contributed by atoms with E-state index in [0.29, 0.717) is 12.1 Å². The summed E-state index contributed by atoms with van der Waals surface area (Å²) in [6.45, 7) is 0.422. The first kappa shape index (κ1) is 11.7. The van der Waals surface area contributed by atoms with Crippen molar-refractivity contribution in [1.29, 1.82) is 0 Å². The van der Waals surface area contributed by atoms with Gasteiger partial charge in [-0.25, -0.2) is 4.79 Å². The first-order valence-corrected chi connectivity index (χ1v) is 5.92. The van der Waals surface area contributed by atoms with E-state index in [0.717, 1.165) is 22.3 Å². The summed E-state index contributed by atoms with van der Waals surface area (Å²) in [7, 11) is 3.54. The van der Waals surface area contributed by atoms with Crippen LogP contribution in [0, 0.1) is 0 Å².